The summed E-state index contributed by atoms with van der Waals surface area (Å²) < 4.78 is 0. The Bertz CT molecular complexity index is 140. The third-order valence-corrected chi connectivity index (χ3v) is 0.664. The predicted octanol–water partition coefficient (Wildman–Crippen LogP) is -5.79. The van der Waals surface area contributed by atoms with E-state index in [2.05, 4.69) is 0 Å². The van der Waals surface area contributed by atoms with Crippen molar-refractivity contribution < 1.29 is 30.0 Å². The molecule has 72 valence electrons. The van der Waals surface area contributed by atoms with Crippen LogP contribution in [0.1, 0.15) is 13.8 Å². The molecule has 0 saturated heterocycles. The van der Waals surface area contributed by atoms with Crippen molar-refractivity contribution in [2.75, 3.05) is 0 Å². The van der Waals surface area contributed by atoms with Crippen molar-refractivity contribution in [3.63, 3.8) is 0 Å². The van der Waals surface area contributed by atoms with Crippen LogP contribution in [0.3, 0.4) is 0 Å². The second kappa shape index (κ2) is 14.4. The fraction of sp³-hybridized carbons (Fsp3) is 0.667. The molecule has 0 saturated carbocycles. The summed E-state index contributed by atoms with van der Waals surface area (Å²) in [6.45, 7) is 2.05. The topological polar surface area (TPSA) is 126 Å². The van der Waals surface area contributed by atoms with E-state index in [1.807, 2.05) is 0 Å². The number of carboxylic acid groups (broad SMARTS) is 2. The van der Waals surface area contributed by atoms with E-state index in [1.165, 1.54) is 0 Å². The van der Waals surface area contributed by atoms with E-state index in [1.54, 1.807) is 0 Å². The minimum absolute atomic E-state index is 0. The van der Waals surface area contributed by atoms with E-state index < -0.39 is 24.1 Å². The van der Waals surface area contributed by atoms with Gasteiger partial charge in [0.15, 0.2) is 0 Å². The maximum absolute atomic E-state index is 9.56. The zero-order valence-electron chi connectivity index (χ0n) is 8.02. The van der Waals surface area contributed by atoms with Crippen molar-refractivity contribution in [1.82, 2.24) is 0 Å². The zero-order chi connectivity index (χ0) is 10.3. The summed E-state index contributed by atoms with van der Waals surface area (Å²) in [5, 5.41) is 37.7. The van der Waals surface area contributed by atoms with Crippen molar-refractivity contribution in [1.29, 1.82) is 0 Å². The van der Waals surface area contributed by atoms with Crippen LogP contribution in [-0.2, 0) is 9.59 Å². The van der Waals surface area contributed by atoms with Crippen LogP contribution in [-0.4, -0.2) is 99.6 Å². The molecule has 2 unspecified atom stereocenters. The van der Waals surface area contributed by atoms with Crippen LogP contribution in [0.4, 0.5) is 0 Å². The fourth-order valence-corrected chi connectivity index (χ4v) is 0. The van der Waals surface area contributed by atoms with Crippen LogP contribution in [0.15, 0.2) is 0 Å². The van der Waals surface area contributed by atoms with Gasteiger partial charge in [0.05, 0.1) is 0 Å². The molecule has 0 spiro atoms. The monoisotopic (exact) mass is 256 g/mol. The Labute approximate surface area is 141 Å². The van der Waals surface area contributed by atoms with E-state index in [0.29, 0.717) is 0 Å². The van der Waals surface area contributed by atoms with E-state index in [-0.39, 0.29) is 75.5 Å². The number of hydrogen-bond acceptors (Lipinski definition) is 6. The SMILES string of the molecule is CC([O-])C(=O)[O-].CC([O-])C(=O)[O-].[Ca+2].[Ca+2]. The number of aliphatic carboxylic acids is 2. The average Bonchev–Trinajstić information content (AvgIpc) is 1.88. The molecule has 0 aliphatic carbocycles. The first-order chi connectivity index (χ1) is 5.29. The summed E-state index contributed by atoms with van der Waals surface area (Å²) in [5.41, 5.74) is 0. The van der Waals surface area contributed by atoms with Crippen molar-refractivity contribution in [3.8, 4) is 0 Å². The number of hydrogen-bond donors (Lipinski definition) is 0. The second-order valence-electron chi connectivity index (χ2n) is 1.92. The van der Waals surface area contributed by atoms with Gasteiger partial charge in [-0.25, -0.2) is 0 Å². The molecule has 6 nitrogen and oxygen atoms in total. The molecular weight excluding hydrogens is 248 g/mol. The molecule has 0 aliphatic heterocycles. The molecule has 0 aromatic carbocycles. The third-order valence-electron chi connectivity index (χ3n) is 0.664. The maximum Gasteiger partial charge on any atom is 2.00 e. The predicted molar refractivity (Wildman–Crippen MR) is 40.4 cm³/mol. The minimum Gasteiger partial charge on any atom is -0.848 e. The van der Waals surface area contributed by atoms with Crippen LogP contribution in [0.5, 0.6) is 0 Å². The first-order valence-electron chi connectivity index (χ1n) is 3.02. The van der Waals surface area contributed by atoms with E-state index in [9.17, 15) is 30.0 Å². The number of carbonyl (C=O) groups is 2. The molecule has 0 fully saturated rings. The van der Waals surface area contributed by atoms with Crippen LogP contribution in [0.2, 0.25) is 0 Å². The van der Waals surface area contributed by atoms with Crippen LogP contribution < -0.4 is 20.4 Å². The fourth-order valence-electron chi connectivity index (χ4n) is 0. The Morgan fingerprint density at radius 1 is 0.857 bits per heavy atom. The largest absolute Gasteiger partial charge is 2.00 e. The summed E-state index contributed by atoms with van der Waals surface area (Å²) in [6, 6.07) is 0. The van der Waals surface area contributed by atoms with Gasteiger partial charge in [-0.1, -0.05) is 26.1 Å². The molecular formula is C6H8Ca2O6. The van der Waals surface area contributed by atoms with Crippen LogP contribution in [0.25, 0.3) is 0 Å². The molecule has 0 N–H and O–H groups in total. The van der Waals surface area contributed by atoms with Crippen molar-refractivity contribution in [2.45, 2.75) is 26.1 Å². The second-order valence-corrected chi connectivity index (χ2v) is 1.92. The summed E-state index contributed by atoms with van der Waals surface area (Å²) in [5.74, 6) is -3.09. The molecule has 0 rings (SSSR count). The molecule has 0 amide bonds. The Morgan fingerprint density at radius 2 is 0.929 bits per heavy atom. The Hall–Kier alpha value is 1.38. The first kappa shape index (κ1) is 24.6. The standard InChI is InChI=1S/2C3H5O3.2Ca/c2*1-2(4)3(5)6;;/h2*2H,1H3,(H,5,6);;/q2*-1;2*+2/p-2. The van der Waals surface area contributed by atoms with E-state index in [0.717, 1.165) is 13.8 Å². The van der Waals surface area contributed by atoms with Gasteiger partial charge in [0, 0.05) is 11.9 Å². The van der Waals surface area contributed by atoms with Gasteiger partial charge in [-0.05, 0) is 0 Å². The van der Waals surface area contributed by atoms with Gasteiger partial charge in [-0.15, -0.1) is 0 Å². The first-order valence-corrected chi connectivity index (χ1v) is 3.02. The van der Waals surface area contributed by atoms with Gasteiger partial charge < -0.3 is 30.0 Å². The van der Waals surface area contributed by atoms with Crippen LogP contribution >= 0.6 is 0 Å². The Kier molecular flexibility index (Phi) is 25.2. The van der Waals surface area contributed by atoms with Gasteiger partial charge in [0.25, 0.3) is 0 Å². The minimum atomic E-state index is -1.59. The third kappa shape index (κ3) is 23.3. The van der Waals surface area contributed by atoms with E-state index >= 15 is 0 Å². The number of rotatable bonds is 2. The summed E-state index contributed by atoms with van der Waals surface area (Å²) in [4.78, 5) is 18.6. The summed E-state index contributed by atoms with van der Waals surface area (Å²) in [7, 11) is 0. The molecule has 0 radical (unpaired) electrons. The summed E-state index contributed by atoms with van der Waals surface area (Å²) in [6.07, 6.45) is -3.19. The molecule has 2 atom stereocenters. The Balaban J connectivity index is -0.0000000625. The molecule has 8 heteroatoms. The molecule has 0 heterocycles. The van der Waals surface area contributed by atoms with Gasteiger partial charge in [0.1, 0.15) is 0 Å². The maximum atomic E-state index is 9.56. The zero-order valence-corrected chi connectivity index (χ0v) is 12.4. The van der Waals surface area contributed by atoms with E-state index in [4.69, 9.17) is 0 Å². The van der Waals surface area contributed by atoms with Crippen molar-refractivity contribution >= 4 is 87.4 Å². The molecule has 0 aliphatic rings. The van der Waals surface area contributed by atoms with Crippen LogP contribution in [0, 0.1) is 0 Å². The summed E-state index contributed by atoms with van der Waals surface area (Å²) >= 11 is 0. The van der Waals surface area contributed by atoms with Gasteiger partial charge in [-0.3, -0.25) is 0 Å². The molecule has 14 heavy (non-hydrogen) atoms. The number of carboxylic acids is 2. The van der Waals surface area contributed by atoms with Gasteiger partial charge in [-0.2, -0.15) is 0 Å². The van der Waals surface area contributed by atoms with Crippen molar-refractivity contribution in [2.24, 2.45) is 0 Å². The Morgan fingerprint density at radius 3 is 0.929 bits per heavy atom. The molecule has 0 aromatic heterocycles. The molecule has 0 aromatic rings. The average molecular weight is 256 g/mol. The normalized spacial score (nSPS) is 11.7. The van der Waals surface area contributed by atoms with Gasteiger partial charge in [0.2, 0.25) is 0 Å². The quantitative estimate of drug-likeness (QED) is 0.453. The van der Waals surface area contributed by atoms with Gasteiger partial charge >= 0.3 is 75.5 Å². The number of carbonyl (C=O) groups excluding carboxylic acids is 2. The smallest absolute Gasteiger partial charge is 0.848 e. The molecule has 0 bridgehead atoms. The van der Waals surface area contributed by atoms with Crippen molar-refractivity contribution in [3.05, 3.63) is 0 Å².